The highest BCUT2D eigenvalue weighted by Crippen LogP contribution is 2.47. The van der Waals surface area contributed by atoms with Crippen molar-refractivity contribution in [1.29, 1.82) is 0 Å². The van der Waals surface area contributed by atoms with Crippen molar-refractivity contribution in [3.05, 3.63) is 176 Å². The molecule has 0 fully saturated rings. The van der Waals surface area contributed by atoms with Gasteiger partial charge in [-0.1, -0.05) is 152 Å². The van der Waals surface area contributed by atoms with E-state index in [2.05, 4.69) is 176 Å². The Kier molecular flexibility index (Phi) is 5.73. The van der Waals surface area contributed by atoms with Crippen LogP contribution in [0.25, 0.3) is 109 Å². The molecule has 1 nitrogen and oxygen atoms in total. The summed E-state index contributed by atoms with van der Waals surface area (Å²) in [5.74, 6) is 0. The molecule has 0 bridgehead atoms. The van der Waals surface area contributed by atoms with E-state index in [0.29, 0.717) is 0 Å². The second kappa shape index (κ2) is 10.5. The van der Waals surface area contributed by atoms with Crippen molar-refractivity contribution in [3.63, 3.8) is 0 Å². The van der Waals surface area contributed by atoms with Gasteiger partial charge in [-0.25, -0.2) is 4.98 Å². The minimum atomic E-state index is 1.01. The van der Waals surface area contributed by atoms with Gasteiger partial charge in [-0.3, -0.25) is 0 Å². The van der Waals surface area contributed by atoms with Crippen molar-refractivity contribution in [1.82, 2.24) is 4.98 Å². The molecule has 50 heavy (non-hydrogen) atoms. The van der Waals surface area contributed by atoms with Crippen LogP contribution in [0, 0.1) is 0 Å². The van der Waals surface area contributed by atoms with Gasteiger partial charge in [0, 0.05) is 21.7 Å². The maximum atomic E-state index is 5.41. The van der Waals surface area contributed by atoms with Gasteiger partial charge >= 0.3 is 0 Å². The predicted octanol–water partition coefficient (Wildman–Crippen LogP) is 13.6. The molecular weight excluding hydrogens is 603 g/mol. The lowest BCUT2D eigenvalue weighted by molar-refractivity contribution is 1.43. The first-order valence-electron chi connectivity index (χ1n) is 17.3. The monoisotopic (exact) mass is 631 g/mol. The van der Waals surface area contributed by atoms with Crippen LogP contribution in [0.5, 0.6) is 0 Å². The number of benzene rings is 10. The summed E-state index contributed by atoms with van der Waals surface area (Å²) < 4.78 is 0. The predicted molar refractivity (Wildman–Crippen MR) is 215 cm³/mol. The molecule has 0 saturated carbocycles. The molecule has 10 aromatic carbocycles. The number of fused-ring (bicyclic) bond motifs is 14. The minimum absolute atomic E-state index is 1.01. The number of hydrogen-bond acceptors (Lipinski definition) is 1. The molecule has 0 aliphatic rings. The summed E-state index contributed by atoms with van der Waals surface area (Å²) in [5, 5.41) is 18.8. The van der Waals surface area contributed by atoms with Crippen molar-refractivity contribution >= 4 is 86.3 Å². The molecular formula is C49H29N. The van der Waals surface area contributed by atoms with Crippen LogP contribution in [0.3, 0.4) is 0 Å². The maximum absolute atomic E-state index is 5.41. The number of hydrogen-bond donors (Lipinski definition) is 0. The molecule has 0 unspecified atom stereocenters. The van der Waals surface area contributed by atoms with E-state index in [0.717, 1.165) is 16.8 Å². The molecule has 230 valence electrons. The first-order chi connectivity index (χ1) is 24.8. The minimum Gasteiger partial charge on any atom is -0.247 e. The number of rotatable bonds is 2. The van der Waals surface area contributed by atoms with E-state index in [4.69, 9.17) is 4.98 Å². The average molecular weight is 632 g/mol. The Labute approximate surface area is 288 Å². The zero-order valence-corrected chi connectivity index (χ0v) is 27.2. The Balaban J connectivity index is 1.34. The molecule has 11 aromatic rings. The highest BCUT2D eigenvalue weighted by molar-refractivity contribution is 6.34. The van der Waals surface area contributed by atoms with E-state index in [1.165, 1.54) is 91.9 Å². The Hall–Kier alpha value is -6.57. The third-order valence-corrected chi connectivity index (χ3v) is 10.8. The van der Waals surface area contributed by atoms with Gasteiger partial charge in [0.1, 0.15) is 0 Å². The van der Waals surface area contributed by atoms with Gasteiger partial charge in [0.05, 0.1) is 11.2 Å². The summed E-state index contributed by atoms with van der Waals surface area (Å²) in [5.41, 5.74) is 5.61. The van der Waals surface area contributed by atoms with Gasteiger partial charge in [-0.2, -0.15) is 0 Å². The van der Waals surface area contributed by atoms with Crippen molar-refractivity contribution in [2.45, 2.75) is 0 Å². The summed E-state index contributed by atoms with van der Waals surface area (Å²) in [6.45, 7) is 0. The van der Waals surface area contributed by atoms with Crippen molar-refractivity contribution in [3.8, 4) is 22.4 Å². The molecule has 11 rings (SSSR count). The number of nitrogens with zero attached hydrogens (tertiary/aromatic N) is 1. The molecule has 0 saturated heterocycles. The lowest BCUT2D eigenvalue weighted by Gasteiger charge is -2.19. The van der Waals surface area contributed by atoms with Gasteiger partial charge in [-0.05, 0) is 100 Å². The molecule has 0 aliphatic heterocycles. The molecule has 1 aromatic heterocycles. The van der Waals surface area contributed by atoms with Crippen molar-refractivity contribution in [2.24, 2.45) is 0 Å². The average Bonchev–Trinajstić information content (AvgIpc) is 3.19. The third kappa shape index (κ3) is 3.86. The van der Waals surface area contributed by atoms with E-state index in [1.807, 2.05) is 0 Å². The summed E-state index contributed by atoms with van der Waals surface area (Å²) in [6.07, 6.45) is 0. The Morgan fingerprint density at radius 3 is 1.38 bits per heavy atom. The highest BCUT2D eigenvalue weighted by Gasteiger charge is 2.20. The van der Waals surface area contributed by atoms with E-state index in [-0.39, 0.29) is 0 Å². The van der Waals surface area contributed by atoms with Crippen LogP contribution in [-0.4, -0.2) is 4.98 Å². The highest BCUT2D eigenvalue weighted by atomic mass is 14.7. The molecule has 0 aliphatic carbocycles. The summed E-state index contributed by atoms with van der Waals surface area (Å²) in [6, 6.07) is 64.5. The Morgan fingerprint density at radius 1 is 0.280 bits per heavy atom. The first-order valence-corrected chi connectivity index (χ1v) is 17.3. The fourth-order valence-corrected chi connectivity index (χ4v) is 8.58. The lowest BCUT2D eigenvalue weighted by atomic mass is 9.85. The van der Waals surface area contributed by atoms with Gasteiger partial charge in [0.25, 0.3) is 0 Å². The van der Waals surface area contributed by atoms with Crippen LogP contribution in [-0.2, 0) is 0 Å². The summed E-state index contributed by atoms with van der Waals surface area (Å²) in [4.78, 5) is 5.41. The standard InChI is InChI=1S/C49H29N/c1-2-14-31-27-32(26-25-30(31)13-1)49-45-29-43(37-19-7-10-22-40(37)48(45)41-23-11-12-24-46(41)50-49)42-28-44-35-17-4-3-15-33(35)34-16-5-8-20-38(34)47(44)39-21-9-6-18-36(39)42/h1-29H. The molecule has 0 radical (unpaired) electrons. The SMILES string of the molecule is c1ccc2cc(-c3nc4ccccc4c4c3cc(-c3cc5c6ccccc6c6ccccc6c5c5ccccc35)c3ccccc34)ccc2c1. The first kappa shape index (κ1) is 27.4. The van der Waals surface area contributed by atoms with Gasteiger partial charge < -0.3 is 0 Å². The van der Waals surface area contributed by atoms with Gasteiger partial charge in [-0.15, -0.1) is 0 Å². The molecule has 1 heterocycles. The van der Waals surface area contributed by atoms with Crippen LogP contribution < -0.4 is 0 Å². The third-order valence-electron chi connectivity index (χ3n) is 10.8. The zero-order valence-electron chi connectivity index (χ0n) is 27.2. The van der Waals surface area contributed by atoms with E-state index in [1.54, 1.807) is 0 Å². The van der Waals surface area contributed by atoms with E-state index < -0.39 is 0 Å². The van der Waals surface area contributed by atoms with Gasteiger partial charge in [0.15, 0.2) is 0 Å². The van der Waals surface area contributed by atoms with Crippen LogP contribution in [0.2, 0.25) is 0 Å². The number of para-hydroxylation sites is 1. The molecule has 1 heteroatoms. The smallest absolute Gasteiger partial charge is 0.0788 e. The maximum Gasteiger partial charge on any atom is 0.0788 e. The van der Waals surface area contributed by atoms with Crippen LogP contribution in [0.4, 0.5) is 0 Å². The second-order valence-corrected chi connectivity index (χ2v) is 13.4. The quantitative estimate of drug-likeness (QED) is 0.173. The largest absolute Gasteiger partial charge is 0.247 e. The Morgan fingerprint density at radius 2 is 0.720 bits per heavy atom. The molecule has 0 amide bonds. The number of pyridine rings is 1. The van der Waals surface area contributed by atoms with E-state index in [9.17, 15) is 0 Å². The summed E-state index contributed by atoms with van der Waals surface area (Å²) in [7, 11) is 0. The van der Waals surface area contributed by atoms with Crippen molar-refractivity contribution in [2.75, 3.05) is 0 Å². The van der Waals surface area contributed by atoms with Crippen molar-refractivity contribution < 1.29 is 0 Å². The second-order valence-electron chi connectivity index (χ2n) is 13.4. The fourth-order valence-electron chi connectivity index (χ4n) is 8.58. The number of aromatic nitrogens is 1. The van der Waals surface area contributed by atoms with Gasteiger partial charge in [0.2, 0.25) is 0 Å². The lowest BCUT2D eigenvalue weighted by Crippen LogP contribution is -1.94. The summed E-state index contributed by atoms with van der Waals surface area (Å²) >= 11 is 0. The molecule has 0 atom stereocenters. The normalized spacial score (nSPS) is 12.0. The van der Waals surface area contributed by atoms with Crippen LogP contribution in [0.1, 0.15) is 0 Å². The topological polar surface area (TPSA) is 12.9 Å². The zero-order chi connectivity index (χ0) is 32.8. The Bertz CT molecular complexity index is 3210. The van der Waals surface area contributed by atoms with E-state index >= 15 is 0 Å². The molecule has 0 N–H and O–H groups in total. The molecule has 0 spiro atoms. The fraction of sp³-hybridized carbons (Fsp3) is 0. The van der Waals surface area contributed by atoms with Crippen LogP contribution in [0.15, 0.2) is 176 Å². The van der Waals surface area contributed by atoms with Crippen LogP contribution >= 0.6 is 0 Å².